The summed E-state index contributed by atoms with van der Waals surface area (Å²) in [6.07, 6.45) is 9.14. The minimum atomic E-state index is 0.553. The van der Waals surface area contributed by atoms with Crippen molar-refractivity contribution in [1.82, 2.24) is 10.3 Å². The number of thiazole rings is 1. The normalized spacial score (nSPS) is 27.2. The van der Waals surface area contributed by atoms with Gasteiger partial charge in [0.05, 0.1) is 5.69 Å². The van der Waals surface area contributed by atoms with Gasteiger partial charge in [-0.05, 0) is 45.6 Å². The number of aromatic nitrogens is 1. The Morgan fingerprint density at radius 2 is 2.15 bits per heavy atom. The Morgan fingerprint density at radius 1 is 1.25 bits per heavy atom. The van der Waals surface area contributed by atoms with Crippen LogP contribution in [0.25, 0.3) is 0 Å². The summed E-state index contributed by atoms with van der Waals surface area (Å²) in [5, 5.41) is 4.92. The summed E-state index contributed by atoms with van der Waals surface area (Å²) in [7, 11) is 0. The first-order chi connectivity index (χ1) is 9.79. The lowest BCUT2D eigenvalue weighted by molar-refractivity contribution is 0.476. The number of nitrogens with zero attached hydrogens (tertiary/aromatic N) is 2. The Bertz CT molecular complexity index is 443. The zero-order chi connectivity index (χ0) is 13.9. The molecule has 112 valence electrons. The van der Waals surface area contributed by atoms with Crippen molar-refractivity contribution in [3.8, 4) is 0 Å². The molecular weight excluding hydrogens is 266 g/mol. The third-order valence-electron chi connectivity index (χ3n) is 4.69. The van der Waals surface area contributed by atoms with Crippen LogP contribution in [-0.2, 0) is 6.42 Å². The van der Waals surface area contributed by atoms with Crippen molar-refractivity contribution in [1.29, 1.82) is 0 Å². The van der Waals surface area contributed by atoms with Crippen molar-refractivity contribution in [2.75, 3.05) is 18.0 Å². The standard InChI is InChI=1S/C16H27N3S/c1-3-17-13-9-7-10-14-15(13)20-16(18-14)19-11-6-4-5-8-12(19)2/h12-13,17H,3-11H2,1-2H3. The van der Waals surface area contributed by atoms with Crippen molar-refractivity contribution in [3.63, 3.8) is 0 Å². The summed E-state index contributed by atoms with van der Waals surface area (Å²) in [4.78, 5) is 9.09. The number of aryl methyl sites for hydroxylation is 1. The van der Waals surface area contributed by atoms with Gasteiger partial charge in [-0.3, -0.25) is 0 Å². The maximum atomic E-state index is 5.00. The van der Waals surface area contributed by atoms with Crippen LogP contribution in [0.1, 0.15) is 69.0 Å². The lowest BCUT2D eigenvalue weighted by atomic mass is 9.98. The van der Waals surface area contributed by atoms with E-state index in [2.05, 4.69) is 24.1 Å². The zero-order valence-corrected chi connectivity index (χ0v) is 13.6. The molecule has 1 fully saturated rings. The highest BCUT2D eigenvalue weighted by atomic mass is 32.1. The largest absolute Gasteiger partial charge is 0.345 e. The van der Waals surface area contributed by atoms with E-state index in [1.54, 1.807) is 0 Å². The van der Waals surface area contributed by atoms with Gasteiger partial charge >= 0.3 is 0 Å². The molecule has 1 aromatic rings. The molecule has 1 aliphatic heterocycles. The van der Waals surface area contributed by atoms with Crippen LogP contribution < -0.4 is 10.2 Å². The molecule has 1 aliphatic carbocycles. The maximum absolute atomic E-state index is 5.00. The van der Waals surface area contributed by atoms with Crippen LogP contribution in [-0.4, -0.2) is 24.1 Å². The Labute approximate surface area is 126 Å². The average Bonchev–Trinajstić information content (AvgIpc) is 2.76. The molecule has 2 atom stereocenters. The molecular formula is C16H27N3S. The van der Waals surface area contributed by atoms with E-state index >= 15 is 0 Å². The highest BCUT2D eigenvalue weighted by Gasteiger charge is 2.27. The van der Waals surface area contributed by atoms with Gasteiger partial charge < -0.3 is 10.2 Å². The van der Waals surface area contributed by atoms with Crippen molar-refractivity contribution in [3.05, 3.63) is 10.6 Å². The van der Waals surface area contributed by atoms with E-state index in [-0.39, 0.29) is 0 Å². The van der Waals surface area contributed by atoms with Gasteiger partial charge in [0.15, 0.2) is 5.13 Å². The molecule has 1 N–H and O–H groups in total. The number of hydrogen-bond acceptors (Lipinski definition) is 4. The second-order valence-electron chi connectivity index (χ2n) is 6.20. The fraction of sp³-hybridized carbons (Fsp3) is 0.812. The molecule has 2 aliphatic rings. The molecule has 0 bridgehead atoms. The molecule has 2 unspecified atom stereocenters. The third kappa shape index (κ3) is 2.86. The van der Waals surface area contributed by atoms with Gasteiger partial charge in [-0.1, -0.05) is 31.1 Å². The van der Waals surface area contributed by atoms with Crippen LogP contribution in [0.4, 0.5) is 5.13 Å². The topological polar surface area (TPSA) is 28.2 Å². The van der Waals surface area contributed by atoms with E-state index in [9.17, 15) is 0 Å². The van der Waals surface area contributed by atoms with Gasteiger partial charge in [0.1, 0.15) is 0 Å². The molecule has 0 aromatic carbocycles. The summed E-state index contributed by atoms with van der Waals surface area (Å²) in [6.45, 7) is 6.82. The average molecular weight is 293 g/mol. The first-order valence-electron chi connectivity index (χ1n) is 8.29. The van der Waals surface area contributed by atoms with Crippen LogP contribution in [0.15, 0.2) is 0 Å². The van der Waals surface area contributed by atoms with Gasteiger partial charge in [0.25, 0.3) is 0 Å². The molecule has 3 rings (SSSR count). The number of nitrogens with one attached hydrogen (secondary N) is 1. The van der Waals surface area contributed by atoms with Gasteiger partial charge in [0.2, 0.25) is 0 Å². The van der Waals surface area contributed by atoms with Crippen molar-refractivity contribution < 1.29 is 0 Å². The number of fused-ring (bicyclic) bond motifs is 1. The molecule has 0 spiro atoms. The first kappa shape index (κ1) is 14.3. The Morgan fingerprint density at radius 3 is 3.00 bits per heavy atom. The van der Waals surface area contributed by atoms with Crippen molar-refractivity contribution in [2.24, 2.45) is 0 Å². The quantitative estimate of drug-likeness (QED) is 0.916. The lowest BCUT2D eigenvalue weighted by Gasteiger charge is -2.26. The van der Waals surface area contributed by atoms with Gasteiger partial charge in [-0.15, -0.1) is 0 Å². The third-order valence-corrected chi connectivity index (χ3v) is 5.94. The molecule has 0 saturated carbocycles. The molecule has 4 heteroatoms. The monoisotopic (exact) mass is 293 g/mol. The SMILES string of the molecule is CCNC1CCCc2nc(N3CCCCCC3C)sc21. The van der Waals surface area contributed by atoms with E-state index in [4.69, 9.17) is 4.98 Å². The second-order valence-corrected chi connectivity index (χ2v) is 7.21. The van der Waals surface area contributed by atoms with Gasteiger partial charge in [-0.2, -0.15) is 0 Å². The smallest absolute Gasteiger partial charge is 0.186 e. The Kier molecular flexibility index (Phi) is 4.61. The van der Waals surface area contributed by atoms with E-state index in [1.807, 2.05) is 11.3 Å². The van der Waals surface area contributed by atoms with Crippen LogP contribution in [0.5, 0.6) is 0 Å². The number of rotatable bonds is 3. The predicted molar refractivity (Wildman–Crippen MR) is 86.7 cm³/mol. The zero-order valence-electron chi connectivity index (χ0n) is 12.8. The van der Waals surface area contributed by atoms with E-state index in [1.165, 1.54) is 67.2 Å². The van der Waals surface area contributed by atoms with E-state index in [0.717, 1.165) is 6.54 Å². The highest BCUT2D eigenvalue weighted by Crippen LogP contribution is 2.38. The predicted octanol–water partition coefficient (Wildman–Crippen LogP) is 3.90. The fourth-order valence-electron chi connectivity index (χ4n) is 3.53. The Hall–Kier alpha value is -0.610. The highest BCUT2D eigenvalue weighted by molar-refractivity contribution is 7.15. The molecule has 0 amide bonds. The summed E-state index contributed by atoms with van der Waals surface area (Å²) < 4.78 is 0. The molecule has 1 saturated heterocycles. The first-order valence-corrected chi connectivity index (χ1v) is 9.11. The summed E-state index contributed by atoms with van der Waals surface area (Å²) in [6, 6.07) is 1.21. The van der Waals surface area contributed by atoms with E-state index < -0.39 is 0 Å². The molecule has 3 nitrogen and oxygen atoms in total. The van der Waals surface area contributed by atoms with Gasteiger partial charge in [-0.25, -0.2) is 4.98 Å². The lowest BCUT2D eigenvalue weighted by Crippen LogP contribution is -2.32. The van der Waals surface area contributed by atoms with Crippen LogP contribution in [0, 0.1) is 0 Å². The summed E-state index contributed by atoms with van der Waals surface area (Å²) >= 11 is 1.96. The molecule has 20 heavy (non-hydrogen) atoms. The van der Waals surface area contributed by atoms with Crippen LogP contribution in [0.3, 0.4) is 0 Å². The molecule has 1 aromatic heterocycles. The van der Waals surface area contributed by atoms with Crippen molar-refractivity contribution >= 4 is 16.5 Å². The second kappa shape index (κ2) is 6.44. The van der Waals surface area contributed by atoms with Crippen LogP contribution in [0.2, 0.25) is 0 Å². The minimum absolute atomic E-state index is 0.553. The number of anilines is 1. The minimum Gasteiger partial charge on any atom is -0.345 e. The molecule has 0 radical (unpaired) electrons. The Balaban J connectivity index is 1.84. The van der Waals surface area contributed by atoms with Crippen molar-refractivity contribution in [2.45, 2.75) is 70.9 Å². The molecule has 2 heterocycles. The van der Waals surface area contributed by atoms with E-state index in [0.29, 0.717) is 12.1 Å². The van der Waals surface area contributed by atoms with Gasteiger partial charge in [0, 0.05) is 23.5 Å². The van der Waals surface area contributed by atoms with Crippen LogP contribution >= 0.6 is 11.3 Å². The maximum Gasteiger partial charge on any atom is 0.186 e. The number of hydrogen-bond donors (Lipinski definition) is 1. The summed E-state index contributed by atoms with van der Waals surface area (Å²) in [5.41, 5.74) is 1.37. The fourth-order valence-corrected chi connectivity index (χ4v) is 4.88. The summed E-state index contributed by atoms with van der Waals surface area (Å²) in [5.74, 6) is 0.